The average molecular weight is 383 g/mol. The van der Waals surface area contributed by atoms with Gasteiger partial charge >= 0.3 is 13.6 Å². The topological polar surface area (TPSA) is 74.2 Å². The second-order valence-corrected chi connectivity index (χ2v) is 8.50. The molecule has 0 N–H and O–H groups in total. The number of rotatable bonds is 11. The molecule has 6 nitrogen and oxygen atoms in total. The largest absolute Gasteiger partial charge is 0.461 e. The van der Waals surface area contributed by atoms with Crippen LogP contribution in [0.2, 0.25) is 0 Å². The van der Waals surface area contributed by atoms with Crippen molar-refractivity contribution in [3.8, 4) is 0 Å². The molecule has 0 amide bonds. The van der Waals surface area contributed by atoms with E-state index >= 15 is 0 Å². The summed E-state index contributed by atoms with van der Waals surface area (Å²) in [5, 5.41) is 0. The molecule has 0 bridgehead atoms. The molecule has 0 fully saturated rings. The summed E-state index contributed by atoms with van der Waals surface area (Å²) in [6, 6.07) is 9.48. The Morgan fingerprint density at radius 1 is 1.19 bits per heavy atom. The predicted octanol–water partition coefficient (Wildman–Crippen LogP) is 4.47. The first kappa shape index (κ1) is 22.6. The number of hydrogen-bond acceptors (Lipinski definition) is 6. The molecule has 0 aliphatic carbocycles. The van der Waals surface area contributed by atoms with Crippen molar-refractivity contribution in [1.29, 1.82) is 0 Å². The number of carbonyl (C=O) groups excluding carboxylic acids is 1. The lowest BCUT2D eigenvalue weighted by Crippen LogP contribution is -2.38. The smallest absolute Gasteiger partial charge is 0.333 e. The van der Waals surface area contributed by atoms with E-state index in [1.54, 1.807) is 40.8 Å². The van der Waals surface area contributed by atoms with E-state index in [4.69, 9.17) is 13.8 Å². The second-order valence-electron chi connectivity index (χ2n) is 6.32. The van der Waals surface area contributed by atoms with E-state index < -0.39 is 19.1 Å². The van der Waals surface area contributed by atoms with E-state index in [2.05, 4.69) is 4.99 Å². The molecule has 1 aromatic carbocycles. The lowest BCUT2D eigenvalue weighted by molar-refractivity contribution is -0.153. The highest BCUT2D eigenvalue weighted by Gasteiger charge is 2.38. The second kappa shape index (κ2) is 10.6. The summed E-state index contributed by atoms with van der Waals surface area (Å²) in [5.41, 5.74) is -0.307. The van der Waals surface area contributed by atoms with Gasteiger partial charge in [0.1, 0.15) is 0 Å². The van der Waals surface area contributed by atoms with E-state index in [1.807, 2.05) is 30.3 Å². The molecule has 0 saturated carbocycles. The first-order chi connectivity index (χ1) is 12.2. The standard InChI is InChI=1S/C19H30NO5P/c1-6-23-26(22,24-7-2)14-13-19(5,18(21)25-16(3)4)20-15-17-11-9-8-10-12-17/h8-12,15-16H,6-7,13-14H2,1-5H3. The molecule has 1 aromatic rings. The van der Waals surface area contributed by atoms with Crippen LogP contribution in [0, 0.1) is 0 Å². The molecular weight excluding hydrogens is 353 g/mol. The van der Waals surface area contributed by atoms with E-state index in [1.165, 1.54) is 0 Å². The Morgan fingerprint density at radius 2 is 1.77 bits per heavy atom. The van der Waals surface area contributed by atoms with Crippen molar-refractivity contribution in [3.05, 3.63) is 35.9 Å². The van der Waals surface area contributed by atoms with Crippen LogP contribution in [0.1, 0.15) is 46.6 Å². The van der Waals surface area contributed by atoms with Gasteiger partial charge in [-0.25, -0.2) is 4.79 Å². The molecule has 0 aliphatic rings. The maximum absolute atomic E-state index is 12.7. The van der Waals surface area contributed by atoms with Gasteiger partial charge in [0.2, 0.25) is 0 Å². The van der Waals surface area contributed by atoms with Crippen LogP contribution in [0.5, 0.6) is 0 Å². The molecule has 0 aliphatic heterocycles. The van der Waals surface area contributed by atoms with Gasteiger partial charge in [-0.3, -0.25) is 9.56 Å². The number of ether oxygens (including phenoxy) is 1. The van der Waals surface area contributed by atoms with Gasteiger partial charge in [-0.1, -0.05) is 30.3 Å². The summed E-state index contributed by atoms with van der Waals surface area (Å²) in [7, 11) is -3.27. The molecule has 1 rings (SSSR count). The SMILES string of the molecule is CCOP(=O)(CCC(C)(N=Cc1ccccc1)C(=O)OC(C)C)OCC. The summed E-state index contributed by atoms with van der Waals surface area (Å²) in [4.78, 5) is 17.1. The van der Waals surface area contributed by atoms with Crippen molar-refractivity contribution in [1.82, 2.24) is 0 Å². The number of carbonyl (C=O) groups is 1. The highest BCUT2D eigenvalue weighted by molar-refractivity contribution is 7.53. The monoisotopic (exact) mass is 383 g/mol. The average Bonchev–Trinajstić information content (AvgIpc) is 2.59. The highest BCUT2D eigenvalue weighted by atomic mass is 31.2. The number of nitrogens with zero attached hydrogens (tertiary/aromatic N) is 1. The van der Waals surface area contributed by atoms with Gasteiger partial charge in [0, 0.05) is 6.21 Å². The molecule has 1 atom stereocenters. The predicted molar refractivity (Wildman–Crippen MR) is 104 cm³/mol. The normalized spacial score (nSPS) is 14.5. The molecule has 7 heteroatoms. The molecular formula is C19H30NO5P. The van der Waals surface area contributed by atoms with Crippen molar-refractivity contribution in [2.75, 3.05) is 19.4 Å². The Kier molecular flexibility index (Phi) is 9.20. The number of aliphatic imine (C=N–C) groups is 1. The molecule has 0 spiro atoms. The lowest BCUT2D eigenvalue weighted by Gasteiger charge is -2.26. The molecule has 1 unspecified atom stereocenters. The van der Waals surface area contributed by atoms with Crippen molar-refractivity contribution in [2.24, 2.45) is 4.99 Å². The summed E-state index contributed by atoms with van der Waals surface area (Å²) < 4.78 is 28.7. The van der Waals surface area contributed by atoms with Gasteiger partial charge in [0.05, 0.1) is 25.5 Å². The molecule has 0 saturated heterocycles. The van der Waals surface area contributed by atoms with E-state index in [0.717, 1.165) is 5.56 Å². The third kappa shape index (κ3) is 7.40. The minimum absolute atomic E-state index is 0.0878. The quantitative estimate of drug-likeness (QED) is 0.320. The Bertz CT molecular complexity index is 622. The van der Waals surface area contributed by atoms with Gasteiger partial charge in [-0.05, 0) is 46.6 Å². The summed E-state index contributed by atoms with van der Waals surface area (Å²) in [5.74, 6) is -0.459. The minimum Gasteiger partial charge on any atom is -0.461 e. The minimum atomic E-state index is -3.27. The third-order valence-electron chi connectivity index (χ3n) is 3.60. The van der Waals surface area contributed by atoms with Gasteiger partial charge < -0.3 is 13.8 Å². The van der Waals surface area contributed by atoms with E-state index in [-0.39, 0.29) is 31.9 Å². The van der Waals surface area contributed by atoms with Gasteiger partial charge in [0.15, 0.2) is 5.54 Å². The fourth-order valence-electron chi connectivity index (χ4n) is 2.23. The van der Waals surface area contributed by atoms with Crippen molar-refractivity contribution >= 4 is 19.8 Å². The van der Waals surface area contributed by atoms with Crippen LogP contribution in [0.25, 0.3) is 0 Å². The fraction of sp³-hybridized carbons (Fsp3) is 0.579. The van der Waals surface area contributed by atoms with Crippen LogP contribution in [-0.2, 0) is 23.1 Å². The first-order valence-corrected chi connectivity index (χ1v) is 10.7. The zero-order valence-electron chi connectivity index (χ0n) is 16.3. The van der Waals surface area contributed by atoms with Crippen molar-refractivity contribution in [3.63, 3.8) is 0 Å². The Balaban J connectivity index is 3.01. The molecule has 146 valence electrons. The van der Waals surface area contributed by atoms with Crippen LogP contribution < -0.4 is 0 Å². The van der Waals surface area contributed by atoms with Gasteiger partial charge in [0.25, 0.3) is 0 Å². The van der Waals surface area contributed by atoms with Gasteiger partial charge in [-0.2, -0.15) is 0 Å². The van der Waals surface area contributed by atoms with Crippen LogP contribution in [0.4, 0.5) is 0 Å². The third-order valence-corrected chi connectivity index (χ3v) is 5.68. The summed E-state index contributed by atoms with van der Waals surface area (Å²) in [6.45, 7) is 9.31. The number of esters is 1. The molecule has 26 heavy (non-hydrogen) atoms. The molecule has 0 radical (unpaired) electrons. The van der Waals surface area contributed by atoms with E-state index in [0.29, 0.717) is 0 Å². The van der Waals surface area contributed by atoms with Crippen molar-refractivity contribution in [2.45, 2.75) is 52.7 Å². The molecule has 0 aromatic heterocycles. The first-order valence-electron chi connectivity index (χ1n) is 8.94. The number of hydrogen-bond donors (Lipinski definition) is 0. The molecule has 0 heterocycles. The Labute approximate surface area is 156 Å². The van der Waals surface area contributed by atoms with Crippen LogP contribution in [0.15, 0.2) is 35.3 Å². The van der Waals surface area contributed by atoms with Crippen LogP contribution in [-0.4, -0.2) is 43.2 Å². The van der Waals surface area contributed by atoms with Crippen LogP contribution >= 0.6 is 7.60 Å². The maximum Gasteiger partial charge on any atom is 0.333 e. The zero-order valence-corrected chi connectivity index (χ0v) is 17.2. The summed E-state index contributed by atoms with van der Waals surface area (Å²) >= 11 is 0. The fourth-order valence-corrected chi connectivity index (χ4v) is 4.06. The Hall–Kier alpha value is -1.49. The Morgan fingerprint density at radius 3 is 2.27 bits per heavy atom. The lowest BCUT2D eigenvalue weighted by atomic mass is 10.00. The van der Waals surface area contributed by atoms with Crippen molar-refractivity contribution < 1.29 is 23.1 Å². The maximum atomic E-state index is 12.7. The van der Waals surface area contributed by atoms with Crippen LogP contribution in [0.3, 0.4) is 0 Å². The van der Waals surface area contributed by atoms with Gasteiger partial charge in [-0.15, -0.1) is 0 Å². The van der Waals surface area contributed by atoms with E-state index in [9.17, 15) is 9.36 Å². The zero-order chi connectivity index (χ0) is 19.6. The number of benzene rings is 1. The highest BCUT2D eigenvalue weighted by Crippen LogP contribution is 2.49. The summed E-state index contributed by atoms with van der Waals surface area (Å²) in [6.07, 6.45) is 1.65.